The molecule has 2 heterocycles. The minimum Gasteiger partial charge on any atom is -0.563 e. The van der Waals surface area contributed by atoms with Crippen LogP contribution in [0.3, 0.4) is 0 Å². The number of hydrogen-bond acceptors (Lipinski definition) is 1. The van der Waals surface area contributed by atoms with Crippen LogP contribution in [-0.2, 0) is 4.65 Å². The van der Waals surface area contributed by atoms with Gasteiger partial charge in [-0.15, -0.1) is 0 Å². The molecule has 0 spiro atoms. The second-order valence-electron chi connectivity index (χ2n) is 6.64. The second kappa shape index (κ2) is 4.47. The summed E-state index contributed by atoms with van der Waals surface area (Å²) in [5, 5.41) is 0. The number of rotatable bonds is 2. The first-order chi connectivity index (χ1) is 7.48. The standard InChI is InChI=1S/C14H25BO/c1-11(14(2,3)4)16-15-12-7-5-8-13(15)10-6-9-12/h12-13H,1,5-10H2,2-4H3. The van der Waals surface area contributed by atoms with Gasteiger partial charge in [-0.2, -0.15) is 0 Å². The average Bonchev–Trinajstić information content (AvgIpc) is 2.15. The number of allylic oxidation sites excluding steroid dienone is 1. The third kappa shape index (κ3) is 2.47. The molecule has 0 aromatic rings. The van der Waals surface area contributed by atoms with Gasteiger partial charge in [0.05, 0.1) is 5.76 Å². The van der Waals surface area contributed by atoms with Gasteiger partial charge in [0.2, 0.25) is 0 Å². The molecule has 2 aliphatic rings. The first-order valence-corrected chi connectivity index (χ1v) is 6.84. The molecule has 90 valence electrons. The maximum absolute atomic E-state index is 6.23. The first-order valence-electron chi connectivity index (χ1n) is 6.84. The molecule has 2 heteroatoms. The molecular weight excluding hydrogens is 195 g/mol. The van der Waals surface area contributed by atoms with E-state index < -0.39 is 0 Å². The number of fused-ring (bicyclic) bond motifs is 2. The Hall–Kier alpha value is -0.395. The van der Waals surface area contributed by atoms with Crippen LogP contribution in [-0.4, -0.2) is 6.92 Å². The largest absolute Gasteiger partial charge is 0.563 e. The van der Waals surface area contributed by atoms with Crippen molar-refractivity contribution in [3.05, 3.63) is 12.3 Å². The van der Waals surface area contributed by atoms with Crippen molar-refractivity contribution in [3.8, 4) is 0 Å². The summed E-state index contributed by atoms with van der Waals surface area (Å²) < 4.78 is 6.23. The lowest BCUT2D eigenvalue weighted by molar-refractivity contribution is 0.263. The van der Waals surface area contributed by atoms with Gasteiger partial charge in [0.15, 0.2) is 0 Å². The Bertz CT molecular complexity index is 244. The molecule has 2 saturated heterocycles. The third-order valence-electron chi connectivity index (χ3n) is 4.34. The van der Waals surface area contributed by atoms with Gasteiger partial charge < -0.3 is 4.65 Å². The normalized spacial score (nSPS) is 30.1. The highest BCUT2D eigenvalue weighted by Crippen LogP contribution is 2.48. The minimum atomic E-state index is 0.0890. The van der Waals surface area contributed by atoms with Crippen LogP contribution >= 0.6 is 0 Å². The number of hydrogen-bond donors (Lipinski definition) is 0. The summed E-state index contributed by atoms with van der Waals surface area (Å²) in [4.78, 5) is 0. The molecule has 2 rings (SSSR count). The smallest absolute Gasteiger partial charge is 0.363 e. The Kier molecular flexibility index (Phi) is 3.37. The van der Waals surface area contributed by atoms with Crippen molar-refractivity contribution in [2.75, 3.05) is 0 Å². The summed E-state index contributed by atoms with van der Waals surface area (Å²) >= 11 is 0. The monoisotopic (exact) mass is 220 g/mol. The molecular formula is C14H25BO. The summed E-state index contributed by atoms with van der Waals surface area (Å²) in [5.41, 5.74) is 0.0890. The summed E-state index contributed by atoms with van der Waals surface area (Å²) in [6, 6.07) is 0. The molecule has 16 heavy (non-hydrogen) atoms. The van der Waals surface area contributed by atoms with E-state index >= 15 is 0 Å². The zero-order valence-corrected chi connectivity index (χ0v) is 11.1. The molecule has 2 aliphatic heterocycles. The van der Waals surface area contributed by atoms with Crippen LogP contribution in [0.2, 0.25) is 11.6 Å². The zero-order valence-electron chi connectivity index (χ0n) is 11.1. The third-order valence-corrected chi connectivity index (χ3v) is 4.34. The lowest BCUT2D eigenvalue weighted by Gasteiger charge is -2.41. The highest BCUT2D eigenvalue weighted by molar-refractivity contribution is 6.56. The molecule has 0 atom stereocenters. The SMILES string of the molecule is C=C(OB1C2CCCC1CCC2)C(C)(C)C. The Morgan fingerprint density at radius 1 is 1.06 bits per heavy atom. The van der Waals surface area contributed by atoms with E-state index in [-0.39, 0.29) is 5.41 Å². The minimum absolute atomic E-state index is 0.0890. The average molecular weight is 220 g/mol. The lowest BCUT2D eigenvalue weighted by atomic mass is 9.38. The fourth-order valence-electron chi connectivity index (χ4n) is 3.15. The van der Waals surface area contributed by atoms with Crippen molar-refractivity contribution in [2.45, 2.75) is 70.9 Å². The maximum Gasteiger partial charge on any atom is 0.363 e. The van der Waals surface area contributed by atoms with Gasteiger partial charge in [0.25, 0.3) is 0 Å². The molecule has 0 aliphatic carbocycles. The van der Waals surface area contributed by atoms with Gasteiger partial charge in [-0.05, 0) is 11.6 Å². The van der Waals surface area contributed by atoms with Gasteiger partial charge in [0, 0.05) is 5.41 Å². The summed E-state index contributed by atoms with van der Waals surface area (Å²) in [5.74, 6) is 2.61. The molecule has 0 aromatic carbocycles. The van der Waals surface area contributed by atoms with Crippen LogP contribution in [0.4, 0.5) is 0 Å². The Balaban J connectivity index is 2.00. The molecule has 0 radical (unpaired) electrons. The molecule has 2 fully saturated rings. The molecule has 0 unspecified atom stereocenters. The van der Waals surface area contributed by atoms with Crippen molar-refractivity contribution in [1.82, 2.24) is 0 Å². The van der Waals surface area contributed by atoms with Crippen molar-refractivity contribution < 1.29 is 4.65 Å². The van der Waals surface area contributed by atoms with Gasteiger partial charge >= 0.3 is 6.92 Å². The highest BCUT2D eigenvalue weighted by Gasteiger charge is 2.43. The van der Waals surface area contributed by atoms with E-state index in [0.717, 1.165) is 17.4 Å². The fourth-order valence-corrected chi connectivity index (χ4v) is 3.15. The molecule has 0 amide bonds. The van der Waals surface area contributed by atoms with Crippen molar-refractivity contribution >= 4 is 6.92 Å². The van der Waals surface area contributed by atoms with E-state index in [0.29, 0.717) is 6.92 Å². The second-order valence-corrected chi connectivity index (χ2v) is 6.64. The van der Waals surface area contributed by atoms with Gasteiger partial charge in [0.1, 0.15) is 0 Å². The van der Waals surface area contributed by atoms with Crippen LogP contribution in [0.25, 0.3) is 0 Å². The van der Waals surface area contributed by atoms with Crippen LogP contribution in [0.1, 0.15) is 59.3 Å². The van der Waals surface area contributed by atoms with E-state index in [1.165, 1.54) is 38.5 Å². The molecule has 0 N–H and O–H groups in total. The predicted molar refractivity (Wildman–Crippen MR) is 70.6 cm³/mol. The van der Waals surface area contributed by atoms with Crippen LogP contribution in [0, 0.1) is 5.41 Å². The van der Waals surface area contributed by atoms with E-state index in [1.807, 2.05) is 0 Å². The summed E-state index contributed by atoms with van der Waals surface area (Å²) in [6.07, 6.45) is 8.32. The maximum atomic E-state index is 6.23. The van der Waals surface area contributed by atoms with Crippen molar-refractivity contribution in [3.63, 3.8) is 0 Å². The zero-order chi connectivity index (χ0) is 11.8. The van der Waals surface area contributed by atoms with E-state index in [4.69, 9.17) is 4.65 Å². The summed E-state index contributed by atoms with van der Waals surface area (Å²) in [6.45, 7) is 11.2. The van der Waals surface area contributed by atoms with Gasteiger partial charge in [-0.25, -0.2) is 0 Å². The fraction of sp³-hybridized carbons (Fsp3) is 0.857. The van der Waals surface area contributed by atoms with Crippen LogP contribution in [0.15, 0.2) is 12.3 Å². The van der Waals surface area contributed by atoms with Gasteiger partial charge in [-0.1, -0.05) is 65.9 Å². The molecule has 1 nitrogen and oxygen atoms in total. The predicted octanol–water partition coefficient (Wildman–Crippen LogP) is 4.66. The Morgan fingerprint density at radius 3 is 1.88 bits per heavy atom. The lowest BCUT2D eigenvalue weighted by Crippen LogP contribution is -2.38. The summed E-state index contributed by atoms with van der Waals surface area (Å²) in [7, 11) is 0. The van der Waals surface area contributed by atoms with Gasteiger partial charge in [-0.3, -0.25) is 0 Å². The topological polar surface area (TPSA) is 9.23 Å². The van der Waals surface area contributed by atoms with E-state index in [9.17, 15) is 0 Å². The van der Waals surface area contributed by atoms with Crippen LogP contribution < -0.4 is 0 Å². The van der Waals surface area contributed by atoms with Crippen molar-refractivity contribution in [1.29, 1.82) is 0 Å². The van der Waals surface area contributed by atoms with Crippen LogP contribution in [0.5, 0.6) is 0 Å². The Morgan fingerprint density at radius 2 is 1.50 bits per heavy atom. The van der Waals surface area contributed by atoms with E-state index in [1.54, 1.807) is 0 Å². The molecule has 0 saturated carbocycles. The Labute approximate surface area is 101 Å². The quantitative estimate of drug-likeness (QED) is 0.485. The van der Waals surface area contributed by atoms with Crippen molar-refractivity contribution in [2.24, 2.45) is 5.41 Å². The van der Waals surface area contributed by atoms with E-state index in [2.05, 4.69) is 27.4 Å². The molecule has 0 aromatic heterocycles. The highest BCUT2D eigenvalue weighted by atomic mass is 16.4. The first kappa shape index (κ1) is 12.1. The molecule has 2 bridgehead atoms.